The average Bonchev–Trinajstić information content (AvgIpc) is 3.26. The first-order valence-corrected chi connectivity index (χ1v) is 12.7. The van der Waals surface area contributed by atoms with Crippen molar-refractivity contribution in [3.63, 3.8) is 0 Å². The maximum Gasteiger partial charge on any atom is 0.291 e. The molecule has 0 radical (unpaired) electrons. The van der Waals surface area contributed by atoms with Gasteiger partial charge < -0.3 is 9.32 Å². The van der Waals surface area contributed by atoms with Crippen LogP contribution in [0.3, 0.4) is 0 Å². The van der Waals surface area contributed by atoms with Crippen molar-refractivity contribution >= 4 is 26.7 Å². The van der Waals surface area contributed by atoms with Gasteiger partial charge in [-0.3, -0.25) is 9.59 Å². The second-order valence-electron chi connectivity index (χ2n) is 8.87. The van der Waals surface area contributed by atoms with E-state index in [1.54, 1.807) is 17.0 Å². The summed E-state index contributed by atoms with van der Waals surface area (Å²) in [5, 5.41) is 0.440. The molecule has 1 aromatic heterocycles. The summed E-state index contributed by atoms with van der Waals surface area (Å²) in [6.07, 6.45) is 1.23. The van der Waals surface area contributed by atoms with Crippen LogP contribution in [0.2, 0.25) is 0 Å². The van der Waals surface area contributed by atoms with Crippen molar-refractivity contribution in [2.24, 2.45) is 0 Å². The molecule has 2 aliphatic heterocycles. The number of nitrogens with zero attached hydrogens (tertiary/aromatic N) is 1. The highest BCUT2D eigenvalue weighted by molar-refractivity contribution is 7.91. The molecule has 0 bridgehead atoms. The lowest BCUT2D eigenvalue weighted by Crippen LogP contribution is -2.40. The summed E-state index contributed by atoms with van der Waals surface area (Å²) in [5.74, 6) is -0.438. The minimum absolute atomic E-state index is 0.0274. The molecule has 0 N–H and O–H groups in total. The first-order chi connectivity index (χ1) is 15.2. The summed E-state index contributed by atoms with van der Waals surface area (Å²) in [5.41, 5.74) is 4.32. The molecule has 166 valence electrons. The van der Waals surface area contributed by atoms with E-state index in [1.165, 1.54) is 0 Å². The number of carbonyl (C=O) groups is 1. The maximum absolute atomic E-state index is 13.7. The Balaban J connectivity index is 1.76. The van der Waals surface area contributed by atoms with E-state index in [2.05, 4.69) is 6.92 Å². The SMILES string of the molecule is CCc1ccc(C2c3c(oc4cc(C)c(C)cc4c3=O)C(=O)N2C2CCS(=O)(=O)C2)cc1. The van der Waals surface area contributed by atoms with E-state index in [9.17, 15) is 18.0 Å². The van der Waals surface area contributed by atoms with Crippen LogP contribution >= 0.6 is 0 Å². The molecule has 1 fully saturated rings. The Morgan fingerprint density at radius 1 is 1.06 bits per heavy atom. The lowest BCUT2D eigenvalue weighted by molar-refractivity contribution is 0.0662. The van der Waals surface area contributed by atoms with Gasteiger partial charge in [0.2, 0.25) is 5.76 Å². The predicted molar refractivity (Wildman–Crippen MR) is 123 cm³/mol. The minimum atomic E-state index is -3.22. The smallest absolute Gasteiger partial charge is 0.291 e. The fourth-order valence-electron chi connectivity index (χ4n) is 4.88. The zero-order chi connectivity index (χ0) is 22.8. The fraction of sp³-hybridized carbons (Fsp3) is 0.360. The Morgan fingerprint density at radius 2 is 1.75 bits per heavy atom. The number of sulfone groups is 1. The van der Waals surface area contributed by atoms with Gasteiger partial charge in [0, 0.05) is 6.04 Å². The average molecular weight is 452 g/mol. The van der Waals surface area contributed by atoms with E-state index in [0.29, 0.717) is 23.0 Å². The third kappa shape index (κ3) is 3.18. The van der Waals surface area contributed by atoms with Crippen molar-refractivity contribution in [1.29, 1.82) is 0 Å². The molecule has 1 amide bonds. The van der Waals surface area contributed by atoms with Crippen molar-refractivity contribution in [1.82, 2.24) is 4.90 Å². The zero-order valence-electron chi connectivity index (χ0n) is 18.3. The third-order valence-corrected chi connectivity index (χ3v) is 8.58. The Hall–Kier alpha value is -2.93. The third-order valence-electron chi connectivity index (χ3n) is 6.83. The normalized spacial score (nSPS) is 22.0. The molecule has 2 aliphatic rings. The highest BCUT2D eigenvalue weighted by atomic mass is 32.2. The van der Waals surface area contributed by atoms with Crippen LogP contribution in [-0.2, 0) is 16.3 Å². The van der Waals surface area contributed by atoms with Crippen LogP contribution in [0.25, 0.3) is 11.0 Å². The lowest BCUT2D eigenvalue weighted by atomic mass is 9.95. The van der Waals surface area contributed by atoms with E-state index < -0.39 is 27.8 Å². The van der Waals surface area contributed by atoms with Gasteiger partial charge in [-0.1, -0.05) is 31.2 Å². The number of benzene rings is 2. The van der Waals surface area contributed by atoms with Gasteiger partial charge in [-0.25, -0.2) is 8.42 Å². The number of hydrogen-bond donors (Lipinski definition) is 0. The van der Waals surface area contributed by atoms with Crippen LogP contribution in [0.1, 0.15) is 57.8 Å². The summed E-state index contributed by atoms with van der Waals surface area (Å²) >= 11 is 0. The molecular weight excluding hydrogens is 426 g/mol. The van der Waals surface area contributed by atoms with E-state index >= 15 is 0 Å². The monoisotopic (exact) mass is 451 g/mol. The van der Waals surface area contributed by atoms with Crippen LogP contribution < -0.4 is 5.43 Å². The van der Waals surface area contributed by atoms with Gasteiger partial charge in [0.05, 0.1) is 28.5 Å². The Labute approximate surface area is 186 Å². The summed E-state index contributed by atoms with van der Waals surface area (Å²) in [6, 6.07) is 10.3. The van der Waals surface area contributed by atoms with Gasteiger partial charge in [-0.05, 0) is 61.1 Å². The number of fused-ring (bicyclic) bond motifs is 2. The van der Waals surface area contributed by atoms with E-state index in [4.69, 9.17) is 4.42 Å². The fourth-order valence-corrected chi connectivity index (χ4v) is 6.59. The maximum atomic E-state index is 13.7. The zero-order valence-corrected chi connectivity index (χ0v) is 19.2. The van der Waals surface area contributed by atoms with Crippen LogP contribution in [0.4, 0.5) is 0 Å². The molecule has 3 aromatic rings. The Kier molecular flexibility index (Phi) is 4.78. The van der Waals surface area contributed by atoms with Gasteiger partial charge in [0.1, 0.15) is 5.58 Å². The second kappa shape index (κ2) is 7.30. The van der Waals surface area contributed by atoms with Crippen molar-refractivity contribution in [3.05, 3.63) is 80.2 Å². The summed E-state index contributed by atoms with van der Waals surface area (Å²) in [4.78, 5) is 28.8. The molecule has 2 aromatic carbocycles. The molecule has 5 rings (SSSR count). The number of aryl methyl sites for hydroxylation is 3. The van der Waals surface area contributed by atoms with Gasteiger partial charge in [0.25, 0.3) is 5.91 Å². The van der Waals surface area contributed by atoms with Gasteiger partial charge in [-0.2, -0.15) is 0 Å². The van der Waals surface area contributed by atoms with E-state index in [1.807, 2.05) is 38.1 Å². The number of amides is 1. The molecule has 2 atom stereocenters. The van der Waals surface area contributed by atoms with Crippen LogP contribution in [0.15, 0.2) is 45.6 Å². The lowest BCUT2D eigenvalue weighted by Gasteiger charge is -2.30. The van der Waals surface area contributed by atoms with Gasteiger partial charge in [0.15, 0.2) is 15.3 Å². The Morgan fingerprint density at radius 3 is 2.38 bits per heavy atom. The predicted octanol–water partition coefficient (Wildman–Crippen LogP) is 3.70. The summed E-state index contributed by atoms with van der Waals surface area (Å²) < 4.78 is 30.5. The molecule has 2 unspecified atom stereocenters. The van der Waals surface area contributed by atoms with E-state index in [0.717, 1.165) is 28.7 Å². The topological polar surface area (TPSA) is 84.7 Å². The molecule has 0 aliphatic carbocycles. The molecule has 6 nitrogen and oxygen atoms in total. The van der Waals surface area contributed by atoms with Crippen molar-refractivity contribution in [3.8, 4) is 0 Å². The second-order valence-corrected chi connectivity index (χ2v) is 11.1. The number of hydrogen-bond acceptors (Lipinski definition) is 5. The largest absolute Gasteiger partial charge is 0.450 e. The van der Waals surface area contributed by atoms with Crippen molar-refractivity contribution < 1.29 is 17.6 Å². The number of rotatable bonds is 3. The first-order valence-electron chi connectivity index (χ1n) is 10.9. The van der Waals surface area contributed by atoms with E-state index in [-0.39, 0.29) is 22.7 Å². The summed E-state index contributed by atoms with van der Waals surface area (Å²) in [6.45, 7) is 5.92. The highest BCUT2D eigenvalue weighted by Crippen LogP contribution is 2.41. The molecule has 1 saturated heterocycles. The molecular formula is C25H25NO5S. The minimum Gasteiger partial charge on any atom is -0.450 e. The van der Waals surface area contributed by atoms with Crippen LogP contribution in [-0.4, -0.2) is 36.8 Å². The van der Waals surface area contributed by atoms with Crippen molar-refractivity contribution in [2.45, 2.75) is 45.7 Å². The Bertz CT molecular complexity index is 1420. The molecule has 0 saturated carbocycles. The highest BCUT2D eigenvalue weighted by Gasteiger charge is 2.48. The number of carbonyl (C=O) groups excluding carboxylic acids is 1. The van der Waals surface area contributed by atoms with Gasteiger partial charge >= 0.3 is 0 Å². The first kappa shape index (κ1) is 20.9. The van der Waals surface area contributed by atoms with Crippen LogP contribution in [0.5, 0.6) is 0 Å². The standard InChI is InChI=1S/C25H25NO5S/c1-4-16-5-7-17(8-6-16)22-21-23(27)19-11-14(2)15(3)12-20(19)31-24(21)25(28)26(22)18-9-10-32(29,30)13-18/h5-8,11-12,18,22H,4,9-10,13H2,1-3H3. The summed E-state index contributed by atoms with van der Waals surface area (Å²) in [7, 11) is -3.22. The molecule has 7 heteroatoms. The van der Waals surface area contributed by atoms with Crippen LogP contribution in [0, 0.1) is 13.8 Å². The van der Waals surface area contributed by atoms with Crippen molar-refractivity contribution in [2.75, 3.05) is 11.5 Å². The molecule has 3 heterocycles. The quantitative estimate of drug-likeness (QED) is 0.606. The molecule has 0 spiro atoms. The van der Waals surface area contributed by atoms with Gasteiger partial charge in [-0.15, -0.1) is 0 Å². The molecule has 32 heavy (non-hydrogen) atoms.